The largest absolute Gasteiger partial charge is 0.493 e. The van der Waals surface area contributed by atoms with Crippen LogP contribution in [0, 0.1) is 0 Å². The number of nitrogens with zero attached hydrogens (tertiary/aromatic N) is 2. The summed E-state index contributed by atoms with van der Waals surface area (Å²) in [6.45, 7) is 2.53. The molecule has 0 atom stereocenters. The second-order valence-electron chi connectivity index (χ2n) is 7.74. The molecule has 0 spiro atoms. The summed E-state index contributed by atoms with van der Waals surface area (Å²) in [7, 11) is 3.06. The van der Waals surface area contributed by atoms with E-state index in [9.17, 15) is 9.59 Å². The van der Waals surface area contributed by atoms with Gasteiger partial charge < -0.3 is 19.5 Å². The summed E-state index contributed by atoms with van der Waals surface area (Å²) in [5.74, 6) is 1.24. The average molecular weight is 445 g/mol. The van der Waals surface area contributed by atoms with Crippen molar-refractivity contribution < 1.29 is 19.0 Å². The van der Waals surface area contributed by atoms with Crippen molar-refractivity contribution in [2.24, 2.45) is 0 Å². The van der Waals surface area contributed by atoms with Crippen molar-refractivity contribution in [3.8, 4) is 17.2 Å². The molecule has 0 saturated heterocycles. The number of hydrogen-bond acceptors (Lipinski definition) is 6. The zero-order valence-electron chi connectivity index (χ0n) is 18.6. The number of methoxy groups -OCH3 is 2. The Morgan fingerprint density at radius 1 is 1.06 bits per heavy atom. The van der Waals surface area contributed by atoms with Crippen LogP contribution in [0.1, 0.15) is 13.3 Å². The Balaban J connectivity index is 1.75. The van der Waals surface area contributed by atoms with Gasteiger partial charge >= 0.3 is 0 Å². The van der Waals surface area contributed by atoms with Crippen molar-refractivity contribution in [1.29, 1.82) is 0 Å². The lowest BCUT2D eigenvalue weighted by molar-refractivity contribution is -0.123. The highest BCUT2D eigenvalue weighted by atomic mass is 16.5. The van der Waals surface area contributed by atoms with E-state index < -0.39 is 0 Å². The van der Waals surface area contributed by atoms with E-state index in [1.807, 2.05) is 31.2 Å². The SMILES string of the molecule is CCCNC(=O)COc1ccc2c(c1)c1ccnc3c4ccc(OC)c(OC)c4c(=O)n2c13. The number of aromatic nitrogens is 2. The van der Waals surface area contributed by atoms with Gasteiger partial charge in [-0.25, -0.2) is 0 Å². The molecule has 33 heavy (non-hydrogen) atoms. The van der Waals surface area contributed by atoms with Gasteiger partial charge in [0.2, 0.25) is 0 Å². The highest BCUT2D eigenvalue weighted by Crippen LogP contribution is 2.39. The minimum atomic E-state index is -0.214. The standard InChI is InChI=1S/C25H23N3O5/c1-4-10-26-20(29)13-33-14-5-7-18-17(12-14)15-9-11-27-22-16-6-8-19(31-2)24(32-3)21(16)25(30)28(18)23(15)22/h5-9,11-12H,4,10,13H2,1-3H3,(H,26,29). The van der Waals surface area contributed by atoms with E-state index in [0.717, 1.165) is 28.2 Å². The average Bonchev–Trinajstić information content (AvgIpc) is 3.18. The molecule has 2 aromatic carbocycles. The Labute approximate surface area is 189 Å². The molecule has 0 radical (unpaired) electrons. The summed E-state index contributed by atoms with van der Waals surface area (Å²) < 4.78 is 18.3. The van der Waals surface area contributed by atoms with Crippen molar-refractivity contribution in [2.45, 2.75) is 13.3 Å². The lowest BCUT2D eigenvalue weighted by Gasteiger charge is -2.12. The normalized spacial score (nSPS) is 11.5. The fourth-order valence-corrected chi connectivity index (χ4v) is 4.35. The molecule has 5 rings (SSSR count). The minimum absolute atomic E-state index is 0.0711. The third-order valence-corrected chi connectivity index (χ3v) is 5.81. The molecule has 0 aliphatic rings. The molecule has 0 fully saturated rings. The molecular weight excluding hydrogens is 422 g/mol. The third-order valence-electron chi connectivity index (χ3n) is 5.81. The van der Waals surface area contributed by atoms with E-state index in [-0.39, 0.29) is 18.1 Å². The van der Waals surface area contributed by atoms with E-state index in [1.165, 1.54) is 14.2 Å². The van der Waals surface area contributed by atoms with Gasteiger partial charge in [-0.2, -0.15) is 0 Å². The molecule has 0 aliphatic heterocycles. The Bertz CT molecular complexity index is 1570. The minimum Gasteiger partial charge on any atom is -0.493 e. The van der Waals surface area contributed by atoms with Crippen molar-refractivity contribution >= 4 is 44.0 Å². The summed E-state index contributed by atoms with van der Waals surface area (Å²) in [6.07, 6.45) is 2.59. The molecule has 3 heterocycles. The molecule has 1 N–H and O–H groups in total. The first-order valence-electron chi connectivity index (χ1n) is 10.7. The van der Waals surface area contributed by atoms with Gasteiger partial charge in [-0.05, 0) is 42.8 Å². The summed E-state index contributed by atoms with van der Waals surface area (Å²) in [6, 6.07) is 10.9. The zero-order chi connectivity index (χ0) is 23.1. The topological polar surface area (TPSA) is 91.2 Å². The second-order valence-corrected chi connectivity index (χ2v) is 7.74. The molecule has 0 unspecified atom stereocenters. The molecule has 0 aliphatic carbocycles. The van der Waals surface area contributed by atoms with Crippen molar-refractivity contribution in [2.75, 3.05) is 27.4 Å². The predicted octanol–water partition coefficient (Wildman–Crippen LogP) is 3.51. The van der Waals surface area contributed by atoms with Crippen LogP contribution >= 0.6 is 0 Å². The number of hydrogen-bond donors (Lipinski definition) is 1. The van der Waals surface area contributed by atoms with E-state index in [1.54, 1.807) is 22.7 Å². The maximum atomic E-state index is 13.7. The maximum Gasteiger partial charge on any atom is 0.267 e. The Morgan fingerprint density at radius 3 is 2.67 bits per heavy atom. The number of carbonyl (C=O) groups is 1. The van der Waals surface area contributed by atoms with Crippen LogP contribution in [0.2, 0.25) is 0 Å². The monoisotopic (exact) mass is 445 g/mol. The van der Waals surface area contributed by atoms with Crippen LogP contribution in [0.15, 0.2) is 47.4 Å². The van der Waals surface area contributed by atoms with Crippen LogP contribution in [0.25, 0.3) is 38.1 Å². The number of amides is 1. The van der Waals surface area contributed by atoms with Gasteiger partial charge in [-0.15, -0.1) is 0 Å². The van der Waals surface area contributed by atoms with Gasteiger partial charge in [0.15, 0.2) is 18.1 Å². The maximum absolute atomic E-state index is 13.7. The Morgan fingerprint density at radius 2 is 1.91 bits per heavy atom. The predicted molar refractivity (Wildman–Crippen MR) is 127 cm³/mol. The fraction of sp³-hybridized carbons (Fsp3) is 0.240. The molecule has 5 aromatic rings. The highest BCUT2D eigenvalue weighted by molar-refractivity contribution is 6.19. The number of rotatable bonds is 7. The molecular formula is C25H23N3O5. The summed E-state index contributed by atoms with van der Waals surface area (Å²) in [5.41, 5.74) is 1.94. The smallest absolute Gasteiger partial charge is 0.267 e. The number of pyridine rings is 2. The van der Waals surface area contributed by atoms with Gasteiger partial charge in [0.1, 0.15) is 5.75 Å². The molecule has 1 amide bonds. The summed E-state index contributed by atoms with van der Waals surface area (Å²) in [5, 5.41) is 5.62. The van der Waals surface area contributed by atoms with E-state index in [4.69, 9.17) is 14.2 Å². The quantitative estimate of drug-likeness (QED) is 0.386. The van der Waals surface area contributed by atoms with Crippen molar-refractivity contribution in [3.05, 3.63) is 52.9 Å². The van der Waals surface area contributed by atoms with Crippen LogP contribution in [-0.4, -0.2) is 42.7 Å². The van der Waals surface area contributed by atoms with Crippen LogP contribution in [-0.2, 0) is 4.79 Å². The number of ether oxygens (including phenoxy) is 3. The van der Waals surface area contributed by atoms with E-state index in [2.05, 4.69) is 10.3 Å². The molecule has 8 heteroatoms. The van der Waals surface area contributed by atoms with Gasteiger partial charge in [-0.1, -0.05) is 6.92 Å². The molecule has 0 saturated carbocycles. The van der Waals surface area contributed by atoms with Gasteiger partial charge in [0, 0.05) is 28.9 Å². The summed E-state index contributed by atoms with van der Waals surface area (Å²) in [4.78, 5) is 30.3. The van der Waals surface area contributed by atoms with Crippen molar-refractivity contribution in [1.82, 2.24) is 14.7 Å². The van der Waals surface area contributed by atoms with E-state index >= 15 is 0 Å². The lowest BCUT2D eigenvalue weighted by atomic mass is 10.1. The first kappa shape index (κ1) is 20.8. The number of fused-ring (bicyclic) bond motifs is 5. The van der Waals surface area contributed by atoms with Gasteiger partial charge in [0.05, 0.1) is 36.2 Å². The third kappa shape index (κ3) is 3.17. The number of benzene rings is 2. The van der Waals surface area contributed by atoms with Crippen LogP contribution < -0.4 is 25.1 Å². The van der Waals surface area contributed by atoms with Crippen LogP contribution in [0.5, 0.6) is 17.2 Å². The van der Waals surface area contributed by atoms with E-state index in [0.29, 0.717) is 40.1 Å². The fourth-order valence-electron chi connectivity index (χ4n) is 4.35. The second kappa shape index (κ2) is 8.12. The highest BCUT2D eigenvalue weighted by Gasteiger charge is 2.22. The number of carbonyl (C=O) groups excluding carboxylic acids is 1. The van der Waals surface area contributed by atoms with Gasteiger partial charge in [-0.3, -0.25) is 19.0 Å². The summed E-state index contributed by atoms with van der Waals surface area (Å²) >= 11 is 0. The van der Waals surface area contributed by atoms with Crippen molar-refractivity contribution in [3.63, 3.8) is 0 Å². The molecule has 168 valence electrons. The molecule has 8 nitrogen and oxygen atoms in total. The molecule has 3 aromatic heterocycles. The van der Waals surface area contributed by atoms with Gasteiger partial charge in [0.25, 0.3) is 11.5 Å². The van der Waals surface area contributed by atoms with Crippen LogP contribution in [0.4, 0.5) is 0 Å². The van der Waals surface area contributed by atoms with Crippen LogP contribution in [0.3, 0.4) is 0 Å². The lowest BCUT2D eigenvalue weighted by Crippen LogP contribution is -2.29. The molecule has 0 bridgehead atoms. The Kier molecular flexibility index (Phi) is 5.12. The first-order valence-corrected chi connectivity index (χ1v) is 10.7. The Hall–Kier alpha value is -4.07. The number of nitrogens with one attached hydrogen (secondary N) is 1. The zero-order valence-corrected chi connectivity index (χ0v) is 18.6. The first-order chi connectivity index (χ1) is 16.1.